The van der Waals surface area contributed by atoms with Crippen LogP contribution in [0.1, 0.15) is 55.6 Å². The van der Waals surface area contributed by atoms with Crippen molar-refractivity contribution in [3.8, 4) is 11.5 Å². The average Bonchev–Trinajstić information content (AvgIpc) is 2.82. The highest BCUT2D eigenvalue weighted by atomic mass is 16.5. The van der Waals surface area contributed by atoms with E-state index in [0.29, 0.717) is 18.2 Å². The lowest BCUT2D eigenvalue weighted by molar-refractivity contribution is 0.369. The molecule has 164 valence electrons. The minimum Gasteiger partial charge on any atom is -0.504 e. The fourth-order valence-electron chi connectivity index (χ4n) is 4.54. The van der Waals surface area contributed by atoms with E-state index in [1.165, 1.54) is 43.1 Å². The summed E-state index contributed by atoms with van der Waals surface area (Å²) in [7, 11) is 1.57. The topological polar surface area (TPSA) is 66.4 Å². The van der Waals surface area contributed by atoms with Gasteiger partial charge in [-0.05, 0) is 55.5 Å². The molecule has 1 aromatic heterocycles. The second-order valence-electron chi connectivity index (χ2n) is 8.40. The third-order valence-corrected chi connectivity index (χ3v) is 6.31. The van der Waals surface area contributed by atoms with E-state index in [1.807, 2.05) is 18.3 Å². The van der Waals surface area contributed by atoms with E-state index < -0.39 is 0 Å². The molecule has 1 saturated carbocycles. The number of benzene rings is 2. The van der Waals surface area contributed by atoms with Crippen LogP contribution in [0.15, 0.2) is 48.7 Å². The van der Waals surface area contributed by atoms with Gasteiger partial charge >= 0.3 is 0 Å². The molecular formula is C26H33N3O2. The Morgan fingerprint density at radius 2 is 1.94 bits per heavy atom. The summed E-state index contributed by atoms with van der Waals surface area (Å²) in [5.41, 5.74) is 4.52. The van der Waals surface area contributed by atoms with Crippen molar-refractivity contribution in [1.29, 1.82) is 0 Å². The summed E-state index contributed by atoms with van der Waals surface area (Å²) in [6.07, 6.45) is 9.58. The number of pyridine rings is 1. The van der Waals surface area contributed by atoms with Crippen molar-refractivity contribution in [2.45, 2.75) is 51.0 Å². The van der Waals surface area contributed by atoms with Gasteiger partial charge in [0.15, 0.2) is 11.5 Å². The summed E-state index contributed by atoms with van der Waals surface area (Å²) in [4.78, 5) is 4.62. The van der Waals surface area contributed by atoms with Gasteiger partial charge in [-0.1, -0.05) is 43.5 Å². The van der Waals surface area contributed by atoms with Gasteiger partial charge in [0.25, 0.3) is 0 Å². The third kappa shape index (κ3) is 5.28. The molecule has 1 heterocycles. The zero-order valence-electron chi connectivity index (χ0n) is 18.4. The van der Waals surface area contributed by atoms with Crippen LogP contribution in [-0.2, 0) is 6.54 Å². The zero-order valence-corrected chi connectivity index (χ0v) is 18.4. The average molecular weight is 420 g/mol. The molecule has 0 spiro atoms. The van der Waals surface area contributed by atoms with Crippen molar-refractivity contribution in [1.82, 2.24) is 10.3 Å². The molecule has 0 radical (unpaired) electrons. The van der Waals surface area contributed by atoms with E-state index in [0.717, 1.165) is 36.3 Å². The van der Waals surface area contributed by atoms with Gasteiger partial charge in [-0.25, -0.2) is 0 Å². The molecule has 4 rings (SSSR count). The number of methoxy groups -OCH3 is 1. The Kier molecular flexibility index (Phi) is 7.26. The number of anilines is 1. The van der Waals surface area contributed by atoms with Crippen LogP contribution in [0.4, 0.5) is 5.69 Å². The molecule has 0 atom stereocenters. The molecule has 0 aliphatic heterocycles. The summed E-state index contributed by atoms with van der Waals surface area (Å²) in [5.74, 6) is 1.43. The van der Waals surface area contributed by atoms with Gasteiger partial charge in [-0.15, -0.1) is 0 Å². The van der Waals surface area contributed by atoms with Gasteiger partial charge in [0, 0.05) is 35.9 Å². The summed E-state index contributed by atoms with van der Waals surface area (Å²) < 4.78 is 5.16. The summed E-state index contributed by atoms with van der Waals surface area (Å²) in [6.45, 7) is 2.35. The molecule has 0 unspecified atom stereocenters. The van der Waals surface area contributed by atoms with Crippen LogP contribution in [-0.4, -0.2) is 30.3 Å². The quantitative estimate of drug-likeness (QED) is 0.395. The van der Waals surface area contributed by atoms with Crippen LogP contribution in [0, 0.1) is 0 Å². The van der Waals surface area contributed by atoms with Gasteiger partial charge in [0.05, 0.1) is 12.6 Å². The highest BCUT2D eigenvalue weighted by Crippen LogP contribution is 2.34. The van der Waals surface area contributed by atoms with E-state index in [9.17, 15) is 5.11 Å². The van der Waals surface area contributed by atoms with Gasteiger partial charge < -0.3 is 20.5 Å². The number of nitrogens with one attached hydrogen (secondary N) is 2. The fraction of sp³-hybridized carbons (Fsp3) is 0.423. The molecule has 3 aromatic rings. The maximum absolute atomic E-state index is 10.2. The van der Waals surface area contributed by atoms with Crippen molar-refractivity contribution < 1.29 is 9.84 Å². The lowest BCUT2D eigenvalue weighted by Gasteiger charge is -2.22. The maximum atomic E-state index is 10.2. The number of aromatic hydroxyl groups is 1. The van der Waals surface area contributed by atoms with Crippen LogP contribution in [0.5, 0.6) is 11.5 Å². The first-order chi connectivity index (χ1) is 15.3. The molecule has 1 aliphatic rings. The maximum Gasteiger partial charge on any atom is 0.162 e. The Balaban J connectivity index is 1.28. The molecule has 1 aliphatic carbocycles. The Morgan fingerprint density at radius 1 is 1.06 bits per heavy atom. The third-order valence-electron chi connectivity index (χ3n) is 6.31. The van der Waals surface area contributed by atoms with Crippen LogP contribution in [0.2, 0.25) is 0 Å². The predicted molar refractivity (Wildman–Crippen MR) is 127 cm³/mol. The minimum atomic E-state index is 0.214. The van der Waals surface area contributed by atoms with Gasteiger partial charge in [0.1, 0.15) is 0 Å². The molecule has 0 bridgehead atoms. The normalized spacial score (nSPS) is 14.6. The Hall–Kier alpha value is -2.79. The predicted octanol–water partition coefficient (Wildman–Crippen LogP) is 5.59. The first-order valence-corrected chi connectivity index (χ1v) is 11.4. The second-order valence-corrected chi connectivity index (χ2v) is 8.40. The number of hydrogen-bond acceptors (Lipinski definition) is 5. The van der Waals surface area contributed by atoms with Crippen LogP contribution >= 0.6 is 0 Å². The van der Waals surface area contributed by atoms with E-state index >= 15 is 0 Å². The second kappa shape index (κ2) is 10.5. The molecule has 0 amide bonds. The molecule has 1 fully saturated rings. The summed E-state index contributed by atoms with van der Waals surface area (Å²) in [5, 5.41) is 18.3. The van der Waals surface area contributed by atoms with Crippen LogP contribution in [0.25, 0.3) is 10.9 Å². The fourth-order valence-corrected chi connectivity index (χ4v) is 4.54. The van der Waals surface area contributed by atoms with Gasteiger partial charge in [-0.2, -0.15) is 0 Å². The van der Waals surface area contributed by atoms with Gasteiger partial charge in [0.2, 0.25) is 0 Å². The molecule has 5 heteroatoms. The molecule has 2 aromatic carbocycles. The van der Waals surface area contributed by atoms with E-state index in [-0.39, 0.29) is 5.75 Å². The largest absolute Gasteiger partial charge is 0.504 e. The number of aromatic nitrogens is 1. The number of phenolic OH excluding ortho intramolecular Hbond substituents is 1. The highest BCUT2D eigenvalue weighted by Gasteiger charge is 2.16. The van der Waals surface area contributed by atoms with Crippen molar-refractivity contribution in [3.05, 3.63) is 59.8 Å². The number of hydrogen-bond donors (Lipinski definition) is 3. The first-order valence-electron chi connectivity index (χ1n) is 11.4. The van der Waals surface area contributed by atoms with Crippen molar-refractivity contribution >= 4 is 16.6 Å². The lowest BCUT2D eigenvalue weighted by Crippen LogP contribution is -2.18. The van der Waals surface area contributed by atoms with Crippen molar-refractivity contribution in [2.75, 3.05) is 25.5 Å². The minimum absolute atomic E-state index is 0.214. The smallest absolute Gasteiger partial charge is 0.162 e. The Labute approximate surface area is 184 Å². The van der Waals surface area contributed by atoms with E-state index in [1.54, 1.807) is 13.2 Å². The summed E-state index contributed by atoms with van der Waals surface area (Å²) >= 11 is 0. The number of fused-ring (bicyclic) bond motifs is 1. The SMILES string of the molecule is COc1cccc(CNCCCNc2ccnc3cc(C4CCCCC4)ccc23)c1O. The number of ether oxygens (including phenoxy) is 1. The molecule has 0 saturated heterocycles. The highest BCUT2D eigenvalue weighted by molar-refractivity contribution is 5.91. The number of para-hydroxylation sites is 1. The lowest BCUT2D eigenvalue weighted by atomic mass is 9.84. The molecule has 5 nitrogen and oxygen atoms in total. The van der Waals surface area contributed by atoms with Crippen LogP contribution < -0.4 is 15.4 Å². The summed E-state index contributed by atoms with van der Waals surface area (Å²) in [6, 6.07) is 14.5. The molecule has 31 heavy (non-hydrogen) atoms. The molecular weight excluding hydrogens is 386 g/mol. The number of phenols is 1. The van der Waals surface area contributed by atoms with E-state index in [4.69, 9.17) is 4.74 Å². The van der Waals surface area contributed by atoms with Gasteiger partial charge in [-0.3, -0.25) is 4.98 Å². The molecule has 3 N–H and O–H groups in total. The van der Waals surface area contributed by atoms with Crippen molar-refractivity contribution in [2.24, 2.45) is 0 Å². The number of nitrogens with zero attached hydrogens (tertiary/aromatic N) is 1. The number of rotatable bonds is 9. The van der Waals surface area contributed by atoms with Crippen LogP contribution in [0.3, 0.4) is 0 Å². The Bertz CT molecular complexity index is 999. The monoisotopic (exact) mass is 419 g/mol. The first kappa shape index (κ1) is 21.4. The van der Waals surface area contributed by atoms with E-state index in [2.05, 4.69) is 39.9 Å². The standard InChI is InChI=1S/C26H33N3O2/c1-31-25-10-5-9-21(26(25)30)18-27-14-6-15-28-23-13-16-29-24-17-20(11-12-22(23)24)19-7-3-2-4-8-19/h5,9-13,16-17,19,27,30H,2-4,6-8,14-15,18H2,1H3,(H,28,29). The Morgan fingerprint density at radius 3 is 2.77 bits per heavy atom. The zero-order chi connectivity index (χ0) is 21.5. The van der Waals surface area contributed by atoms with Crippen molar-refractivity contribution in [3.63, 3.8) is 0 Å².